The van der Waals surface area contributed by atoms with Crippen LogP contribution in [0, 0.1) is 0 Å². The summed E-state index contributed by atoms with van der Waals surface area (Å²) in [6.07, 6.45) is 0.804. The van der Waals surface area contributed by atoms with Crippen LogP contribution in [0.25, 0.3) is 0 Å². The number of piperazine rings is 1. The fourth-order valence-corrected chi connectivity index (χ4v) is 2.92. The highest BCUT2D eigenvalue weighted by Crippen LogP contribution is 2.05. The molecular weight excluding hydrogens is 306 g/mol. The molecule has 0 saturated carbocycles. The van der Waals surface area contributed by atoms with Gasteiger partial charge in [-0.2, -0.15) is 5.10 Å². The smallest absolute Gasteiger partial charge is 0.271 e. The molecule has 0 bridgehead atoms. The summed E-state index contributed by atoms with van der Waals surface area (Å²) < 4.78 is 1.35. The zero-order valence-corrected chi connectivity index (χ0v) is 15.0. The zero-order chi connectivity index (χ0) is 17.5. The van der Waals surface area contributed by atoms with Crippen molar-refractivity contribution in [2.75, 3.05) is 39.3 Å². The third-order valence-corrected chi connectivity index (χ3v) is 4.57. The number of rotatable bonds is 7. The maximum Gasteiger partial charge on any atom is 0.271 e. The van der Waals surface area contributed by atoms with Gasteiger partial charge in [0, 0.05) is 51.4 Å². The van der Waals surface area contributed by atoms with Crippen LogP contribution < -0.4 is 10.9 Å². The highest BCUT2D eigenvalue weighted by Gasteiger charge is 2.20. The van der Waals surface area contributed by atoms with Crippen molar-refractivity contribution >= 4 is 5.91 Å². The summed E-state index contributed by atoms with van der Waals surface area (Å²) in [5.74, 6) is -0.223. The average Bonchev–Trinajstić information content (AvgIpc) is 2.61. The lowest BCUT2D eigenvalue weighted by atomic mass is 10.2. The van der Waals surface area contributed by atoms with Crippen molar-refractivity contribution in [3.8, 4) is 0 Å². The summed E-state index contributed by atoms with van der Waals surface area (Å²) in [5.41, 5.74) is 0.126. The highest BCUT2D eigenvalue weighted by molar-refractivity contribution is 5.91. The second kappa shape index (κ2) is 8.94. The molecule has 1 amide bonds. The molecule has 1 unspecified atom stereocenters. The lowest BCUT2D eigenvalue weighted by Gasteiger charge is -2.37. The van der Waals surface area contributed by atoms with Crippen LogP contribution in [0.4, 0.5) is 0 Å². The molecule has 7 heteroatoms. The Morgan fingerprint density at radius 3 is 2.58 bits per heavy atom. The van der Waals surface area contributed by atoms with Crippen molar-refractivity contribution in [2.24, 2.45) is 0 Å². The fraction of sp³-hybridized carbons (Fsp3) is 0.706. The first kappa shape index (κ1) is 18.6. The van der Waals surface area contributed by atoms with Crippen LogP contribution in [-0.2, 0) is 6.54 Å². The molecule has 2 heterocycles. The Kier molecular flexibility index (Phi) is 6.93. The van der Waals surface area contributed by atoms with Crippen LogP contribution >= 0.6 is 0 Å². The molecule has 0 aromatic carbocycles. The van der Waals surface area contributed by atoms with Gasteiger partial charge in [0.05, 0.1) is 0 Å². The topological polar surface area (TPSA) is 70.5 Å². The van der Waals surface area contributed by atoms with Gasteiger partial charge < -0.3 is 10.2 Å². The number of hydrogen-bond donors (Lipinski definition) is 1. The number of likely N-dealkylation sites (N-methyl/N-ethyl adjacent to an activating group) is 1. The summed E-state index contributed by atoms with van der Waals surface area (Å²) >= 11 is 0. The van der Waals surface area contributed by atoms with Crippen LogP contribution in [0.3, 0.4) is 0 Å². The van der Waals surface area contributed by atoms with E-state index in [0.717, 1.165) is 39.1 Å². The summed E-state index contributed by atoms with van der Waals surface area (Å²) in [6.45, 7) is 12.7. The van der Waals surface area contributed by atoms with E-state index in [1.807, 2.05) is 6.92 Å². The van der Waals surface area contributed by atoms with E-state index in [0.29, 0.717) is 18.8 Å². The first-order chi connectivity index (χ1) is 11.5. The molecule has 134 valence electrons. The van der Waals surface area contributed by atoms with Gasteiger partial charge in [0.25, 0.3) is 11.5 Å². The molecule has 1 aromatic heterocycles. The molecule has 24 heavy (non-hydrogen) atoms. The van der Waals surface area contributed by atoms with Crippen LogP contribution in [0.1, 0.15) is 37.7 Å². The Hall–Kier alpha value is -1.73. The number of carbonyl (C=O) groups excluding carboxylic acids is 1. The molecule has 1 aliphatic rings. The number of aromatic nitrogens is 2. The maximum atomic E-state index is 12.3. The maximum absolute atomic E-state index is 12.3. The molecule has 0 radical (unpaired) electrons. The van der Waals surface area contributed by atoms with E-state index in [2.05, 4.69) is 34.1 Å². The average molecular weight is 335 g/mol. The van der Waals surface area contributed by atoms with E-state index < -0.39 is 0 Å². The molecular formula is C17H29N5O2. The standard InChI is InChI=1S/C17H29N5O2/c1-4-8-22-16(23)7-6-15(19-22)17(24)18-13-14(3)21-11-9-20(5-2)10-12-21/h6-7,14H,4-5,8-13H2,1-3H3,(H,18,24). The van der Waals surface area contributed by atoms with E-state index in [1.165, 1.54) is 16.8 Å². The zero-order valence-electron chi connectivity index (χ0n) is 15.0. The number of aryl methyl sites for hydroxylation is 1. The van der Waals surface area contributed by atoms with Gasteiger partial charge in [-0.1, -0.05) is 13.8 Å². The first-order valence-electron chi connectivity index (χ1n) is 8.88. The minimum Gasteiger partial charge on any atom is -0.349 e. The van der Waals surface area contributed by atoms with Crippen LogP contribution in [-0.4, -0.2) is 70.8 Å². The lowest BCUT2D eigenvalue weighted by molar-refractivity contribution is 0.0877. The van der Waals surface area contributed by atoms with Crippen LogP contribution in [0.2, 0.25) is 0 Å². The first-order valence-corrected chi connectivity index (χ1v) is 8.88. The van der Waals surface area contributed by atoms with Gasteiger partial charge in [-0.15, -0.1) is 0 Å². The second-order valence-electron chi connectivity index (χ2n) is 6.31. The molecule has 1 saturated heterocycles. The molecule has 1 N–H and O–H groups in total. The quantitative estimate of drug-likeness (QED) is 0.781. The largest absolute Gasteiger partial charge is 0.349 e. The Morgan fingerprint density at radius 2 is 1.96 bits per heavy atom. The molecule has 0 spiro atoms. The molecule has 0 aliphatic carbocycles. The van der Waals surface area contributed by atoms with E-state index in [-0.39, 0.29) is 17.5 Å². The Bertz CT molecular complexity index is 593. The highest BCUT2D eigenvalue weighted by atomic mass is 16.2. The normalized spacial score (nSPS) is 17.6. The summed E-state index contributed by atoms with van der Waals surface area (Å²) in [4.78, 5) is 28.8. The van der Waals surface area contributed by atoms with Crippen molar-refractivity contribution in [2.45, 2.75) is 39.8 Å². The second-order valence-corrected chi connectivity index (χ2v) is 6.31. The van der Waals surface area contributed by atoms with Gasteiger partial charge in [-0.25, -0.2) is 4.68 Å². The van der Waals surface area contributed by atoms with Crippen molar-refractivity contribution in [3.05, 3.63) is 28.2 Å². The Balaban J connectivity index is 1.86. The van der Waals surface area contributed by atoms with Gasteiger partial charge in [-0.05, 0) is 26.0 Å². The van der Waals surface area contributed by atoms with E-state index in [1.54, 1.807) is 0 Å². The fourth-order valence-electron chi connectivity index (χ4n) is 2.92. The summed E-state index contributed by atoms with van der Waals surface area (Å²) in [5, 5.41) is 7.08. The van der Waals surface area contributed by atoms with Crippen molar-refractivity contribution in [3.63, 3.8) is 0 Å². The number of amides is 1. The van der Waals surface area contributed by atoms with Crippen molar-refractivity contribution in [1.82, 2.24) is 24.9 Å². The molecule has 1 fully saturated rings. The minimum absolute atomic E-state index is 0.171. The monoisotopic (exact) mass is 335 g/mol. The van der Waals surface area contributed by atoms with Gasteiger partial charge in [0.2, 0.25) is 0 Å². The molecule has 1 atom stereocenters. The SMILES string of the molecule is CCCn1nc(C(=O)NCC(C)N2CCN(CC)CC2)ccc1=O. The molecule has 2 rings (SSSR count). The van der Waals surface area contributed by atoms with Gasteiger partial charge in [-0.3, -0.25) is 14.5 Å². The number of carbonyl (C=O) groups is 1. The van der Waals surface area contributed by atoms with E-state index >= 15 is 0 Å². The minimum atomic E-state index is -0.223. The van der Waals surface area contributed by atoms with E-state index in [9.17, 15) is 9.59 Å². The van der Waals surface area contributed by atoms with Crippen molar-refractivity contribution < 1.29 is 4.79 Å². The summed E-state index contributed by atoms with van der Waals surface area (Å²) in [7, 11) is 0. The van der Waals surface area contributed by atoms with Gasteiger partial charge >= 0.3 is 0 Å². The Morgan fingerprint density at radius 1 is 1.25 bits per heavy atom. The van der Waals surface area contributed by atoms with Gasteiger partial charge in [0.1, 0.15) is 5.69 Å². The predicted octanol–water partition coefficient (Wildman–Crippen LogP) is 0.409. The lowest BCUT2D eigenvalue weighted by Crippen LogP contribution is -2.52. The number of nitrogens with zero attached hydrogens (tertiary/aromatic N) is 4. The number of hydrogen-bond acceptors (Lipinski definition) is 5. The third kappa shape index (κ3) is 4.88. The van der Waals surface area contributed by atoms with Gasteiger partial charge in [0.15, 0.2) is 0 Å². The van der Waals surface area contributed by atoms with Crippen LogP contribution in [0.15, 0.2) is 16.9 Å². The molecule has 1 aliphatic heterocycles. The molecule has 7 nitrogen and oxygen atoms in total. The third-order valence-electron chi connectivity index (χ3n) is 4.57. The predicted molar refractivity (Wildman–Crippen MR) is 94.3 cm³/mol. The van der Waals surface area contributed by atoms with Crippen molar-refractivity contribution in [1.29, 1.82) is 0 Å². The molecule has 1 aromatic rings. The van der Waals surface area contributed by atoms with Crippen LogP contribution in [0.5, 0.6) is 0 Å². The number of nitrogens with one attached hydrogen (secondary N) is 1. The summed E-state index contributed by atoms with van der Waals surface area (Å²) in [6, 6.07) is 3.19. The Labute approximate surface area is 143 Å². The van der Waals surface area contributed by atoms with E-state index in [4.69, 9.17) is 0 Å².